The third-order valence-corrected chi connectivity index (χ3v) is 5.39. The van der Waals surface area contributed by atoms with Gasteiger partial charge in [-0.25, -0.2) is 19.0 Å². The van der Waals surface area contributed by atoms with Gasteiger partial charge in [0, 0.05) is 44.9 Å². The Balaban J connectivity index is 1.63. The molecule has 0 bridgehead atoms. The van der Waals surface area contributed by atoms with E-state index >= 15 is 8.78 Å². The van der Waals surface area contributed by atoms with E-state index in [0.29, 0.717) is 17.9 Å². The minimum Gasteiger partial charge on any atom is -0.389 e. The molecule has 1 fully saturated rings. The first kappa shape index (κ1) is 26.8. The van der Waals surface area contributed by atoms with Crippen LogP contribution in [0.4, 0.5) is 25.0 Å². The minimum absolute atomic E-state index is 0.0809. The number of carbonyl (C=O) groups is 3. The molecule has 0 aliphatic carbocycles. The summed E-state index contributed by atoms with van der Waals surface area (Å²) in [5.41, 5.74) is 3.12. The number of carbonyl (C=O) groups excluding carboxylic acids is 3. The maximum Gasteiger partial charge on any atom is 0.332 e. The number of aliphatic hydroxyl groups is 1. The summed E-state index contributed by atoms with van der Waals surface area (Å²) in [5.74, 6) is -1.53. The molecule has 1 aromatic carbocycles. The van der Waals surface area contributed by atoms with Crippen molar-refractivity contribution >= 4 is 29.7 Å². The second-order valence-electron chi connectivity index (χ2n) is 8.24. The number of hydrazine groups is 1. The summed E-state index contributed by atoms with van der Waals surface area (Å²) in [5, 5.41) is 20.2. The second-order valence-corrected chi connectivity index (χ2v) is 8.24. The standard InChI is InChI=1S/C22H29F2N7O5/c1-14-7-16(28-36-14)10-26-22(35)31-6-5-29(4-3-27-31)21-19(23)8-17(9-20(21)24)30(13-32)12-18(34)11-25-15(2)33/h7-9,13,18,27,34H,3-6,10-12H2,1-2H3,(H,25,33)(H,26,35)/t18-/m0/s1. The summed E-state index contributed by atoms with van der Waals surface area (Å²) in [6.45, 7) is 3.52. The predicted octanol–water partition coefficient (Wildman–Crippen LogP) is 0.257. The summed E-state index contributed by atoms with van der Waals surface area (Å²) in [4.78, 5) is 37.4. The van der Waals surface area contributed by atoms with Gasteiger partial charge in [-0.3, -0.25) is 14.6 Å². The average molecular weight is 510 g/mol. The lowest BCUT2D eigenvalue weighted by molar-refractivity contribution is -0.119. The number of amides is 4. The van der Waals surface area contributed by atoms with E-state index in [1.54, 1.807) is 13.0 Å². The molecule has 3 rings (SSSR count). The molecule has 0 unspecified atom stereocenters. The number of hydrogen-bond donors (Lipinski definition) is 4. The zero-order valence-corrected chi connectivity index (χ0v) is 20.0. The van der Waals surface area contributed by atoms with Crippen molar-refractivity contribution in [2.45, 2.75) is 26.5 Å². The van der Waals surface area contributed by atoms with Crippen LogP contribution in [0, 0.1) is 18.6 Å². The van der Waals surface area contributed by atoms with Gasteiger partial charge >= 0.3 is 6.03 Å². The number of hydrogen-bond acceptors (Lipinski definition) is 8. The Morgan fingerprint density at radius 1 is 1.25 bits per heavy atom. The first-order valence-corrected chi connectivity index (χ1v) is 11.3. The highest BCUT2D eigenvalue weighted by molar-refractivity contribution is 5.77. The van der Waals surface area contributed by atoms with E-state index in [0.717, 1.165) is 17.0 Å². The molecule has 12 nitrogen and oxygen atoms in total. The number of nitrogens with one attached hydrogen (secondary N) is 3. The third-order valence-electron chi connectivity index (χ3n) is 5.39. The number of rotatable bonds is 9. The van der Waals surface area contributed by atoms with Crippen LogP contribution < -0.4 is 25.9 Å². The third kappa shape index (κ3) is 7.11. The fraction of sp³-hybridized carbons (Fsp3) is 0.455. The van der Waals surface area contributed by atoms with Gasteiger partial charge in [-0.1, -0.05) is 5.16 Å². The van der Waals surface area contributed by atoms with Gasteiger partial charge in [0.05, 0.1) is 25.7 Å². The van der Waals surface area contributed by atoms with E-state index < -0.39 is 23.8 Å². The summed E-state index contributed by atoms with van der Waals surface area (Å²) in [6, 6.07) is 3.28. The highest BCUT2D eigenvalue weighted by Gasteiger charge is 2.25. The number of anilines is 2. The van der Waals surface area contributed by atoms with Crippen LogP contribution in [-0.4, -0.2) is 79.0 Å². The normalized spacial score (nSPS) is 14.7. The molecule has 1 aliphatic rings. The van der Waals surface area contributed by atoms with Crippen molar-refractivity contribution < 1.29 is 32.8 Å². The Morgan fingerprint density at radius 2 is 1.97 bits per heavy atom. The van der Waals surface area contributed by atoms with Crippen molar-refractivity contribution in [3.05, 3.63) is 41.3 Å². The summed E-state index contributed by atoms with van der Waals surface area (Å²) in [7, 11) is 0. The van der Waals surface area contributed by atoms with Crippen LogP contribution in [0.2, 0.25) is 0 Å². The van der Waals surface area contributed by atoms with Gasteiger partial charge in [-0.05, 0) is 19.1 Å². The lowest BCUT2D eigenvalue weighted by Gasteiger charge is -2.26. The minimum atomic E-state index is -1.13. The number of nitrogens with zero attached hydrogens (tertiary/aromatic N) is 4. The fourth-order valence-electron chi connectivity index (χ4n) is 3.67. The lowest BCUT2D eigenvalue weighted by atomic mass is 10.2. The van der Waals surface area contributed by atoms with Crippen LogP contribution in [0.25, 0.3) is 0 Å². The first-order chi connectivity index (χ1) is 17.2. The Hall–Kier alpha value is -3.78. The highest BCUT2D eigenvalue weighted by Crippen LogP contribution is 2.29. The van der Waals surface area contributed by atoms with Gasteiger partial charge < -0.3 is 30.1 Å². The van der Waals surface area contributed by atoms with Gasteiger partial charge in [-0.15, -0.1) is 0 Å². The number of aryl methyl sites for hydroxylation is 1. The zero-order chi connectivity index (χ0) is 26.2. The maximum absolute atomic E-state index is 15.0. The summed E-state index contributed by atoms with van der Waals surface area (Å²) in [6.07, 6.45) is -0.788. The van der Waals surface area contributed by atoms with Crippen molar-refractivity contribution in [2.75, 3.05) is 49.1 Å². The Kier molecular flexibility index (Phi) is 9.13. The molecule has 2 heterocycles. The lowest BCUT2D eigenvalue weighted by Crippen LogP contribution is -2.48. The fourth-order valence-corrected chi connectivity index (χ4v) is 3.67. The van der Waals surface area contributed by atoms with Crippen molar-refractivity contribution in [3.63, 3.8) is 0 Å². The van der Waals surface area contributed by atoms with E-state index in [1.165, 1.54) is 16.8 Å². The largest absolute Gasteiger partial charge is 0.389 e. The van der Waals surface area contributed by atoms with E-state index in [2.05, 4.69) is 21.2 Å². The van der Waals surface area contributed by atoms with Crippen molar-refractivity contribution in [1.82, 2.24) is 26.2 Å². The molecular weight excluding hydrogens is 480 g/mol. The SMILES string of the molecule is CC(=O)NC[C@H](O)CN(C=O)c1cc(F)c(N2CCNN(C(=O)NCc3cc(C)on3)CC2)c(F)c1. The van der Waals surface area contributed by atoms with Crippen molar-refractivity contribution in [1.29, 1.82) is 0 Å². The molecule has 4 N–H and O–H groups in total. The number of halogens is 2. The summed E-state index contributed by atoms with van der Waals surface area (Å²) < 4.78 is 35.0. The number of benzene rings is 1. The van der Waals surface area contributed by atoms with Gasteiger partial charge in [0.15, 0.2) is 11.6 Å². The van der Waals surface area contributed by atoms with E-state index in [9.17, 15) is 19.5 Å². The quantitative estimate of drug-likeness (QED) is 0.353. The molecular formula is C22H29F2N7O5. The van der Waals surface area contributed by atoms with Gasteiger partial charge in [0.2, 0.25) is 12.3 Å². The van der Waals surface area contributed by atoms with E-state index in [1.807, 2.05) is 0 Å². The van der Waals surface area contributed by atoms with Gasteiger partial charge in [0.25, 0.3) is 0 Å². The highest BCUT2D eigenvalue weighted by atomic mass is 19.1. The van der Waals surface area contributed by atoms with Crippen LogP contribution in [0.1, 0.15) is 18.4 Å². The first-order valence-electron chi connectivity index (χ1n) is 11.3. The molecule has 0 spiro atoms. The Labute approximate surface area is 206 Å². The Bertz CT molecular complexity index is 1060. The number of aromatic nitrogens is 1. The van der Waals surface area contributed by atoms with Crippen molar-refractivity contribution in [2.24, 2.45) is 0 Å². The number of aliphatic hydroxyl groups excluding tert-OH is 1. The molecule has 1 atom stereocenters. The monoisotopic (exact) mass is 509 g/mol. The Morgan fingerprint density at radius 3 is 2.58 bits per heavy atom. The van der Waals surface area contributed by atoms with Crippen LogP contribution in [0.15, 0.2) is 22.7 Å². The average Bonchev–Trinajstić information content (AvgIpc) is 3.10. The molecule has 0 radical (unpaired) electrons. The van der Waals surface area contributed by atoms with Crippen LogP contribution >= 0.6 is 0 Å². The van der Waals surface area contributed by atoms with Gasteiger partial charge in [-0.2, -0.15) is 0 Å². The van der Waals surface area contributed by atoms with Crippen LogP contribution in [-0.2, 0) is 16.1 Å². The molecule has 0 saturated carbocycles. The smallest absolute Gasteiger partial charge is 0.332 e. The van der Waals surface area contributed by atoms with Gasteiger partial charge in [0.1, 0.15) is 17.1 Å². The maximum atomic E-state index is 15.0. The van der Waals surface area contributed by atoms with E-state index in [4.69, 9.17) is 4.52 Å². The molecule has 1 aliphatic heterocycles. The summed E-state index contributed by atoms with van der Waals surface area (Å²) >= 11 is 0. The molecule has 1 saturated heterocycles. The topological polar surface area (TPSA) is 143 Å². The molecule has 2 aromatic rings. The van der Waals surface area contributed by atoms with Crippen LogP contribution in [0.5, 0.6) is 0 Å². The van der Waals surface area contributed by atoms with E-state index in [-0.39, 0.29) is 63.1 Å². The zero-order valence-electron chi connectivity index (χ0n) is 20.0. The molecule has 14 heteroatoms. The second kappa shape index (κ2) is 12.3. The molecule has 196 valence electrons. The molecule has 1 aromatic heterocycles. The molecule has 4 amide bonds. The number of urea groups is 1. The van der Waals surface area contributed by atoms with Crippen LogP contribution in [0.3, 0.4) is 0 Å². The molecule has 36 heavy (non-hydrogen) atoms. The van der Waals surface area contributed by atoms with Crippen molar-refractivity contribution in [3.8, 4) is 0 Å². The predicted molar refractivity (Wildman–Crippen MR) is 125 cm³/mol.